The highest BCUT2D eigenvalue weighted by Gasteiger charge is 2.11. The van der Waals surface area contributed by atoms with Crippen molar-refractivity contribution in [2.75, 3.05) is 19.5 Å². The van der Waals surface area contributed by atoms with Crippen LogP contribution in [0.15, 0.2) is 54.3 Å². The van der Waals surface area contributed by atoms with E-state index < -0.39 is 0 Å². The molecule has 0 radical (unpaired) electrons. The fourth-order valence-corrected chi connectivity index (χ4v) is 3.29. The van der Waals surface area contributed by atoms with Crippen molar-refractivity contribution in [3.05, 3.63) is 54.3 Å². The number of hydrogen-bond acceptors (Lipinski definition) is 6. The van der Waals surface area contributed by atoms with Gasteiger partial charge in [-0.05, 0) is 23.6 Å². The highest BCUT2D eigenvalue weighted by molar-refractivity contribution is 7.13. The number of thiophene rings is 1. The zero-order valence-corrected chi connectivity index (χ0v) is 14.6. The molecule has 4 aromatic rings. The van der Waals surface area contributed by atoms with Gasteiger partial charge in [-0.1, -0.05) is 6.07 Å². The lowest BCUT2D eigenvalue weighted by Gasteiger charge is -2.12. The van der Waals surface area contributed by atoms with Crippen molar-refractivity contribution >= 4 is 28.5 Å². The number of nitrogens with one attached hydrogen (secondary N) is 1. The Bertz CT molecular complexity index is 1010. The number of ether oxygens (including phenoxy) is 2. The van der Waals surface area contributed by atoms with Crippen molar-refractivity contribution in [2.45, 2.75) is 0 Å². The Labute approximate surface area is 148 Å². The van der Waals surface area contributed by atoms with Gasteiger partial charge in [0.05, 0.1) is 24.8 Å². The molecule has 25 heavy (non-hydrogen) atoms. The number of hydrogen-bond donors (Lipinski definition) is 1. The molecule has 0 bridgehead atoms. The van der Waals surface area contributed by atoms with Gasteiger partial charge in [0.25, 0.3) is 0 Å². The molecule has 0 saturated heterocycles. The van der Waals surface area contributed by atoms with Gasteiger partial charge in [-0.15, -0.1) is 11.3 Å². The highest BCUT2D eigenvalue weighted by atomic mass is 32.1. The van der Waals surface area contributed by atoms with Crippen molar-refractivity contribution in [1.29, 1.82) is 0 Å². The summed E-state index contributed by atoms with van der Waals surface area (Å²) in [5, 5.41) is 5.37. The van der Waals surface area contributed by atoms with E-state index in [1.54, 1.807) is 31.8 Å². The maximum Gasteiger partial charge on any atom is 0.180 e. The minimum atomic E-state index is 0.654. The standard InChI is InChI=1S/C18H16N4O2S/c1-23-14-6-5-12(10-15(14)24-2)20-17-18-19-7-8-22(18)11-13(21-17)16-4-3-9-25-16/h3-11H,1-2H3,(H,20,21). The first kappa shape index (κ1) is 15.5. The Morgan fingerprint density at radius 1 is 1.12 bits per heavy atom. The Kier molecular flexibility index (Phi) is 3.99. The van der Waals surface area contributed by atoms with E-state index in [0.717, 1.165) is 21.9 Å². The summed E-state index contributed by atoms with van der Waals surface area (Å²) in [6, 6.07) is 9.71. The molecule has 1 N–H and O–H groups in total. The second kappa shape index (κ2) is 6.45. The molecule has 0 unspecified atom stereocenters. The molecule has 1 aromatic carbocycles. The van der Waals surface area contributed by atoms with E-state index in [9.17, 15) is 0 Å². The molecule has 6 nitrogen and oxygen atoms in total. The summed E-state index contributed by atoms with van der Waals surface area (Å²) in [6.07, 6.45) is 5.65. The van der Waals surface area contributed by atoms with Crippen molar-refractivity contribution in [2.24, 2.45) is 0 Å². The van der Waals surface area contributed by atoms with Gasteiger partial charge in [0.1, 0.15) is 0 Å². The van der Waals surface area contributed by atoms with Gasteiger partial charge in [0.15, 0.2) is 23.0 Å². The van der Waals surface area contributed by atoms with Gasteiger partial charge < -0.3 is 19.2 Å². The highest BCUT2D eigenvalue weighted by Crippen LogP contribution is 2.32. The normalized spacial score (nSPS) is 10.8. The number of rotatable bonds is 5. The second-order valence-corrected chi connectivity index (χ2v) is 6.25. The maximum absolute atomic E-state index is 5.37. The monoisotopic (exact) mass is 352 g/mol. The SMILES string of the molecule is COc1ccc(Nc2nc(-c3cccs3)cn3ccnc23)cc1OC. The molecule has 3 aromatic heterocycles. The van der Waals surface area contributed by atoms with Gasteiger partial charge in [0, 0.05) is 30.3 Å². The van der Waals surface area contributed by atoms with E-state index in [1.165, 1.54) is 0 Å². The molecular formula is C18H16N4O2S. The fourth-order valence-electron chi connectivity index (χ4n) is 2.61. The molecule has 0 spiro atoms. The second-order valence-electron chi connectivity index (χ2n) is 5.30. The van der Waals surface area contributed by atoms with E-state index >= 15 is 0 Å². The fraction of sp³-hybridized carbons (Fsp3) is 0.111. The first-order valence-corrected chi connectivity index (χ1v) is 8.53. The zero-order valence-electron chi connectivity index (χ0n) is 13.8. The molecule has 0 aliphatic carbocycles. The van der Waals surface area contributed by atoms with Crippen LogP contribution < -0.4 is 14.8 Å². The van der Waals surface area contributed by atoms with Crippen molar-refractivity contribution in [1.82, 2.24) is 14.4 Å². The van der Waals surface area contributed by atoms with Crippen LogP contribution in [0.1, 0.15) is 0 Å². The Morgan fingerprint density at radius 2 is 2.00 bits per heavy atom. The third kappa shape index (κ3) is 2.89. The molecule has 0 atom stereocenters. The minimum absolute atomic E-state index is 0.654. The molecular weight excluding hydrogens is 336 g/mol. The van der Waals surface area contributed by atoms with Crippen LogP contribution in [0.5, 0.6) is 11.5 Å². The van der Waals surface area contributed by atoms with Crippen LogP contribution in [-0.2, 0) is 0 Å². The number of methoxy groups -OCH3 is 2. The Balaban J connectivity index is 1.77. The zero-order chi connectivity index (χ0) is 17.2. The summed E-state index contributed by atoms with van der Waals surface area (Å²) in [7, 11) is 3.23. The molecule has 0 amide bonds. The topological polar surface area (TPSA) is 60.7 Å². The average molecular weight is 352 g/mol. The van der Waals surface area contributed by atoms with E-state index in [0.29, 0.717) is 17.3 Å². The van der Waals surface area contributed by atoms with Crippen molar-refractivity contribution in [3.63, 3.8) is 0 Å². The van der Waals surface area contributed by atoms with Crippen LogP contribution in [0.3, 0.4) is 0 Å². The van der Waals surface area contributed by atoms with Crippen LogP contribution in [-0.4, -0.2) is 28.6 Å². The van der Waals surface area contributed by atoms with Crippen LogP contribution in [0.4, 0.5) is 11.5 Å². The van der Waals surface area contributed by atoms with Crippen LogP contribution in [0.25, 0.3) is 16.2 Å². The summed E-state index contributed by atoms with van der Waals surface area (Å²) in [5.41, 5.74) is 2.50. The maximum atomic E-state index is 5.37. The van der Waals surface area contributed by atoms with Gasteiger partial charge in [-0.3, -0.25) is 0 Å². The summed E-state index contributed by atoms with van der Waals surface area (Å²) in [4.78, 5) is 10.3. The molecule has 7 heteroatoms. The molecule has 3 heterocycles. The third-order valence-corrected chi connectivity index (χ3v) is 4.69. The van der Waals surface area contributed by atoms with Gasteiger partial charge >= 0.3 is 0 Å². The van der Waals surface area contributed by atoms with Crippen LogP contribution in [0, 0.1) is 0 Å². The molecule has 126 valence electrons. The summed E-state index contributed by atoms with van der Waals surface area (Å²) < 4.78 is 12.6. The first-order valence-electron chi connectivity index (χ1n) is 7.65. The number of imidazole rings is 1. The van der Waals surface area contributed by atoms with E-state index in [-0.39, 0.29) is 0 Å². The van der Waals surface area contributed by atoms with Crippen LogP contribution >= 0.6 is 11.3 Å². The molecule has 0 aliphatic heterocycles. The first-order chi connectivity index (χ1) is 12.3. The Hall–Kier alpha value is -3.06. The van der Waals surface area contributed by atoms with Gasteiger partial charge in [-0.25, -0.2) is 9.97 Å². The van der Waals surface area contributed by atoms with E-state index in [4.69, 9.17) is 14.5 Å². The molecule has 0 aliphatic rings. The lowest BCUT2D eigenvalue weighted by Crippen LogP contribution is -2.00. The number of fused-ring (bicyclic) bond motifs is 1. The van der Waals surface area contributed by atoms with Crippen molar-refractivity contribution in [3.8, 4) is 22.1 Å². The average Bonchev–Trinajstić information content (AvgIpc) is 3.33. The predicted molar refractivity (Wildman–Crippen MR) is 99.1 cm³/mol. The summed E-state index contributed by atoms with van der Waals surface area (Å²) in [5.74, 6) is 2.02. The molecule has 0 saturated carbocycles. The van der Waals surface area contributed by atoms with Gasteiger partial charge in [0.2, 0.25) is 0 Å². The minimum Gasteiger partial charge on any atom is -0.493 e. The number of anilines is 2. The predicted octanol–water partition coefficient (Wildman–Crippen LogP) is 4.22. The van der Waals surface area contributed by atoms with E-state index in [2.05, 4.69) is 16.4 Å². The number of nitrogens with zero attached hydrogens (tertiary/aromatic N) is 3. The lowest BCUT2D eigenvalue weighted by atomic mass is 10.2. The number of benzene rings is 1. The van der Waals surface area contributed by atoms with E-state index in [1.807, 2.05) is 46.4 Å². The lowest BCUT2D eigenvalue weighted by molar-refractivity contribution is 0.355. The van der Waals surface area contributed by atoms with Crippen molar-refractivity contribution < 1.29 is 9.47 Å². The van der Waals surface area contributed by atoms with Gasteiger partial charge in [-0.2, -0.15) is 0 Å². The Morgan fingerprint density at radius 3 is 2.76 bits per heavy atom. The largest absolute Gasteiger partial charge is 0.493 e. The smallest absolute Gasteiger partial charge is 0.180 e. The summed E-state index contributed by atoms with van der Waals surface area (Å²) >= 11 is 1.65. The number of aromatic nitrogens is 3. The van der Waals surface area contributed by atoms with Crippen LogP contribution in [0.2, 0.25) is 0 Å². The summed E-state index contributed by atoms with van der Waals surface area (Å²) in [6.45, 7) is 0. The third-order valence-electron chi connectivity index (χ3n) is 3.79. The molecule has 0 fully saturated rings. The molecule has 4 rings (SSSR count). The quantitative estimate of drug-likeness (QED) is 0.583.